The summed E-state index contributed by atoms with van der Waals surface area (Å²) in [6, 6.07) is 7.88. The Balaban J connectivity index is 1.11. The number of halogens is 3. The van der Waals surface area contributed by atoms with Crippen molar-refractivity contribution >= 4 is 11.6 Å². The molecule has 37 heavy (non-hydrogen) atoms. The molecule has 5 atom stereocenters. The molecular formula is C26H28F3N7O. The van der Waals surface area contributed by atoms with E-state index in [1.54, 1.807) is 19.4 Å². The van der Waals surface area contributed by atoms with Crippen molar-refractivity contribution < 1.29 is 17.9 Å². The number of nitrogens with one attached hydrogen (secondary N) is 1. The Morgan fingerprint density at radius 2 is 2.05 bits per heavy atom. The van der Waals surface area contributed by atoms with Crippen LogP contribution in [0.15, 0.2) is 36.5 Å². The Kier molecular flexibility index (Phi) is 4.97. The number of aryl methyl sites for hydroxylation is 1. The van der Waals surface area contributed by atoms with Gasteiger partial charge in [-0.25, -0.2) is 4.68 Å². The molecule has 3 fully saturated rings. The normalized spacial score (nSPS) is 30.0. The van der Waals surface area contributed by atoms with Crippen LogP contribution in [0.5, 0.6) is 5.88 Å². The lowest BCUT2D eigenvalue weighted by Gasteiger charge is -2.38. The van der Waals surface area contributed by atoms with E-state index in [2.05, 4.69) is 20.4 Å². The molecule has 1 aromatic carbocycles. The Morgan fingerprint density at radius 3 is 2.89 bits per heavy atom. The first kappa shape index (κ1) is 22.8. The van der Waals surface area contributed by atoms with Crippen LogP contribution in [0.25, 0.3) is 0 Å². The first-order chi connectivity index (χ1) is 17.9. The van der Waals surface area contributed by atoms with Crippen LogP contribution in [-0.2, 0) is 12.7 Å². The summed E-state index contributed by atoms with van der Waals surface area (Å²) in [4.78, 5) is 7.22. The van der Waals surface area contributed by atoms with Gasteiger partial charge in [0.15, 0.2) is 0 Å². The lowest BCUT2D eigenvalue weighted by atomic mass is 9.71. The fourth-order valence-electron chi connectivity index (χ4n) is 7.01. The Hall–Kier alpha value is -3.37. The lowest BCUT2D eigenvalue weighted by Crippen LogP contribution is -2.47. The number of nitrogens with zero attached hydrogens (tertiary/aromatic N) is 6. The second-order valence-corrected chi connectivity index (χ2v) is 10.8. The largest absolute Gasteiger partial charge is 0.480 e. The van der Waals surface area contributed by atoms with Gasteiger partial charge in [0.2, 0.25) is 11.8 Å². The molecule has 0 radical (unpaired) electrons. The standard InChI is InChI=1S/C26H28F3N7O/c1-37-21-10-17(12-30-33-21)35-13-20-22(19-11-25(19,20)14-35)31-24-32-23-18(7-2-3-8-36(23)34-24)15-5-4-6-16(9-15)26(27,28)29/h4-6,9-10,12,18-20,22H,2-3,7-8,11,13-14H2,1H3,(H,31,34)/t18?,19?,20?,22-,25?/m1/s1. The van der Waals surface area contributed by atoms with Crippen molar-refractivity contribution in [3.05, 3.63) is 53.5 Å². The van der Waals surface area contributed by atoms with Gasteiger partial charge in [-0.2, -0.15) is 23.3 Å². The maximum Gasteiger partial charge on any atom is 0.416 e. The first-order valence-electron chi connectivity index (χ1n) is 12.9. The topological polar surface area (TPSA) is 81.0 Å². The predicted molar refractivity (Wildman–Crippen MR) is 129 cm³/mol. The average Bonchev–Trinajstić information content (AvgIpc) is 3.26. The highest BCUT2D eigenvalue weighted by Gasteiger charge is 2.76. The van der Waals surface area contributed by atoms with Crippen LogP contribution in [0.1, 0.15) is 48.6 Å². The van der Waals surface area contributed by atoms with Gasteiger partial charge in [-0.3, -0.25) is 0 Å². The fourth-order valence-corrected chi connectivity index (χ4v) is 7.01. The maximum atomic E-state index is 13.4. The van der Waals surface area contributed by atoms with Gasteiger partial charge in [0, 0.05) is 43.6 Å². The third-order valence-electron chi connectivity index (χ3n) is 8.91. The molecule has 2 saturated carbocycles. The summed E-state index contributed by atoms with van der Waals surface area (Å²) < 4.78 is 47.2. The van der Waals surface area contributed by atoms with Crippen LogP contribution in [0.2, 0.25) is 0 Å². The van der Waals surface area contributed by atoms with Crippen molar-refractivity contribution in [3.8, 4) is 5.88 Å². The van der Waals surface area contributed by atoms with Crippen molar-refractivity contribution in [2.75, 3.05) is 30.4 Å². The third kappa shape index (κ3) is 3.65. The van der Waals surface area contributed by atoms with Crippen molar-refractivity contribution in [2.24, 2.45) is 17.3 Å². The molecule has 194 valence electrons. The molecule has 0 bridgehead atoms. The first-order valence-corrected chi connectivity index (χ1v) is 12.9. The zero-order chi connectivity index (χ0) is 25.4. The molecule has 11 heteroatoms. The minimum Gasteiger partial charge on any atom is -0.480 e. The van der Waals surface area contributed by atoms with Gasteiger partial charge in [-0.1, -0.05) is 24.6 Å². The number of hydrogen-bond donors (Lipinski definition) is 1. The number of fused-ring (bicyclic) bond motifs is 1. The minimum absolute atomic E-state index is 0.203. The summed E-state index contributed by atoms with van der Waals surface area (Å²) in [5, 5.41) is 16.4. The highest BCUT2D eigenvalue weighted by Crippen LogP contribution is 2.74. The van der Waals surface area contributed by atoms with Crippen molar-refractivity contribution in [1.29, 1.82) is 0 Å². The van der Waals surface area contributed by atoms with E-state index in [0.29, 0.717) is 40.7 Å². The van der Waals surface area contributed by atoms with Crippen LogP contribution < -0.4 is 15.0 Å². The summed E-state index contributed by atoms with van der Waals surface area (Å²) in [7, 11) is 1.59. The van der Waals surface area contributed by atoms with E-state index < -0.39 is 11.7 Å². The highest BCUT2D eigenvalue weighted by molar-refractivity contribution is 5.52. The Morgan fingerprint density at radius 1 is 1.16 bits per heavy atom. The lowest BCUT2D eigenvalue weighted by molar-refractivity contribution is -0.137. The molecule has 4 unspecified atom stereocenters. The van der Waals surface area contributed by atoms with E-state index in [4.69, 9.17) is 14.8 Å². The predicted octanol–water partition coefficient (Wildman–Crippen LogP) is 4.35. The van der Waals surface area contributed by atoms with E-state index in [-0.39, 0.29) is 5.92 Å². The van der Waals surface area contributed by atoms with Crippen molar-refractivity contribution in [1.82, 2.24) is 25.0 Å². The van der Waals surface area contributed by atoms with E-state index in [1.165, 1.54) is 18.6 Å². The molecule has 8 nitrogen and oxygen atoms in total. The second-order valence-electron chi connectivity index (χ2n) is 10.8. The Labute approximate surface area is 212 Å². The maximum absolute atomic E-state index is 13.4. The van der Waals surface area contributed by atoms with E-state index in [0.717, 1.165) is 56.5 Å². The van der Waals surface area contributed by atoms with Gasteiger partial charge in [-0.05, 0) is 42.2 Å². The number of anilines is 2. The Bertz CT molecular complexity index is 1340. The smallest absolute Gasteiger partial charge is 0.416 e. The van der Waals surface area contributed by atoms with Gasteiger partial charge >= 0.3 is 6.18 Å². The molecule has 7 rings (SSSR count). The monoisotopic (exact) mass is 511 g/mol. The van der Waals surface area contributed by atoms with Crippen LogP contribution in [-0.4, -0.2) is 51.2 Å². The molecule has 0 amide bonds. The zero-order valence-electron chi connectivity index (χ0n) is 20.4. The van der Waals surface area contributed by atoms with Crippen LogP contribution in [0.4, 0.5) is 24.8 Å². The number of aromatic nitrogens is 5. The summed E-state index contributed by atoms with van der Waals surface area (Å²) in [6.45, 7) is 2.65. The molecule has 2 aliphatic heterocycles. The number of benzene rings is 1. The fraction of sp³-hybridized carbons (Fsp3) is 0.538. The van der Waals surface area contributed by atoms with Gasteiger partial charge in [-0.15, -0.1) is 10.2 Å². The number of rotatable bonds is 5. The molecule has 1 spiro atoms. The molecule has 4 aliphatic rings. The van der Waals surface area contributed by atoms with E-state index >= 15 is 0 Å². The summed E-state index contributed by atoms with van der Waals surface area (Å²) in [6.07, 6.45) is 1.22. The van der Waals surface area contributed by atoms with Crippen LogP contribution >= 0.6 is 0 Å². The summed E-state index contributed by atoms with van der Waals surface area (Å²) in [5.74, 6) is 2.72. The van der Waals surface area contributed by atoms with Gasteiger partial charge < -0.3 is 15.0 Å². The van der Waals surface area contributed by atoms with Gasteiger partial charge in [0.1, 0.15) is 5.82 Å². The highest BCUT2D eigenvalue weighted by atomic mass is 19.4. The van der Waals surface area contributed by atoms with Gasteiger partial charge in [0.25, 0.3) is 0 Å². The van der Waals surface area contributed by atoms with E-state index in [1.807, 2.05) is 10.7 Å². The number of alkyl halides is 3. The number of hydrogen-bond acceptors (Lipinski definition) is 7. The molecule has 2 aromatic heterocycles. The SMILES string of the molecule is COc1cc(N2CC3[C@H](Nc4nc5n(n4)CCCCC5c4cccc(C(F)(F)F)c4)C4CC34C2)cnn1. The van der Waals surface area contributed by atoms with Crippen LogP contribution in [0, 0.1) is 17.3 Å². The molecular weight excluding hydrogens is 483 g/mol. The van der Waals surface area contributed by atoms with Gasteiger partial charge in [0.05, 0.1) is 24.6 Å². The molecule has 3 aromatic rings. The summed E-state index contributed by atoms with van der Waals surface area (Å²) >= 11 is 0. The van der Waals surface area contributed by atoms with Crippen molar-refractivity contribution in [3.63, 3.8) is 0 Å². The average molecular weight is 512 g/mol. The quantitative estimate of drug-likeness (QED) is 0.546. The second kappa shape index (κ2) is 8.06. The minimum atomic E-state index is -4.37. The van der Waals surface area contributed by atoms with Crippen molar-refractivity contribution in [2.45, 2.75) is 50.4 Å². The molecule has 1 N–H and O–H groups in total. The zero-order valence-corrected chi connectivity index (χ0v) is 20.4. The molecule has 1 saturated heterocycles. The number of ether oxygens (including phenoxy) is 1. The molecule has 2 aliphatic carbocycles. The summed E-state index contributed by atoms with van der Waals surface area (Å²) in [5.41, 5.74) is 1.39. The third-order valence-corrected chi connectivity index (χ3v) is 8.91. The van der Waals surface area contributed by atoms with Crippen LogP contribution in [0.3, 0.4) is 0 Å². The van der Waals surface area contributed by atoms with E-state index in [9.17, 15) is 13.2 Å². The molecule has 4 heterocycles. The number of methoxy groups -OCH3 is 1.